The fraction of sp³-hybridized carbons (Fsp3) is 0.353. The van der Waals surface area contributed by atoms with Gasteiger partial charge in [-0.25, -0.2) is 8.42 Å². The smallest absolute Gasteiger partial charge is 0.270 e. The minimum atomic E-state index is -3.73. The topological polar surface area (TPSA) is 71.4 Å². The Morgan fingerprint density at radius 2 is 1.83 bits per heavy atom. The quantitative estimate of drug-likeness (QED) is 0.927. The second kappa shape index (κ2) is 5.98. The maximum Gasteiger partial charge on any atom is 0.270 e. The molecule has 2 heterocycles. The molecule has 0 atom stereocenters. The molecule has 0 bridgehead atoms. The summed E-state index contributed by atoms with van der Waals surface area (Å²) in [7, 11) is -2.00. The minimum absolute atomic E-state index is 0.111. The molecule has 7 heteroatoms. The number of aromatic nitrogens is 1. The normalized spacial score (nSPS) is 15.1. The summed E-state index contributed by atoms with van der Waals surface area (Å²) < 4.78 is 29.6. The first-order valence-corrected chi connectivity index (χ1v) is 9.32. The average Bonchev–Trinajstić information content (AvgIpc) is 2.90. The van der Waals surface area contributed by atoms with Crippen molar-refractivity contribution in [1.29, 1.82) is 0 Å². The highest BCUT2D eigenvalue weighted by atomic mass is 32.2. The Hall–Kier alpha value is -2.28. The van der Waals surface area contributed by atoms with Gasteiger partial charge in [0.1, 0.15) is 10.6 Å². The monoisotopic (exact) mass is 347 g/mol. The van der Waals surface area contributed by atoms with E-state index < -0.39 is 10.0 Å². The van der Waals surface area contributed by atoms with Crippen LogP contribution in [0.2, 0.25) is 0 Å². The van der Waals surface area contributed by atoms with Crippen LogP contribution in [0.1, 0.15) is 28.0 Å². The maximum atomic E-state index is 12.6. The molecule has 0 aliphatic carbocycles. The van der Waals surface area contributed by atoms with Gasteiger partial charge in [0, 0.05) is 32.0 Å². The highest BCUT2D eigenvalue weighted by Crippen LogP contribution is 2.22. The number of nitrogens with one attached hydrogen (secondary N) is 1. The van der Waals surface area contributed by atoms with Gasteiger partial charge in [-0.05, 0) is 49.6 Å². The molecule has 6 nitrogen and oxygen atoms in total. The summed E-state index contributed by atoms with van der Waals surface area (Å²) in [5.74, 6) is -0.153. The summed E-state index contributed by atoms with van der Waals surface area (Å²) in [6.07, 6.45) is 2.34. The summed E-state index contributed by atoms with van der Waals surface area (Å²) in [6.45, 7) is 5.21. The highest BCUT2D eigenvalue weighted by molar-refractivity contribution is 7.92. The van der Waals surface area contributed by atoms with E-state index in [2.05, 4.69) is 4.72 Å². The molecule has 128 valence electrons. The summed E-state index contributed by atoms with van der Waals surface area (Å²) in [5, 5.41) is 0. The fourth-order valence-corrected chi connectivity index (χ4v) is 3.88. The Kier molecular flexibility index (Phi) is 4.13. The van der Waals surface area contributed by atoms with E-state index in [0.29, 0.717) is 24.5 Å². The average molecular weight is 347 g/mol. The van der Waals surface area contributed by atoms with E-state index in [1.807, 2.05) is 19.9 Å². The van der Waals surface area contributed by atoms with E-state index in [1.165, 1.54) is 12.3 Å². The minimum Gasteiger partial charge on any atom is -0.342 e. The number of nitrogens with zero attached hydrogens (tertiary/aromatic N) is 2. The zero-order valence-corrected chi connectivity index (χ0v) is 14.9. The number of benzene rings is 1. The van der Waals surface area contributed by atoms with Gasteiger partial charge in [-0.1, -0.05) is 6.07 Å². The number of amides is 1. The highest BCUT2D eigenvalue weighted by Gasteiger charge is 2.25. The number of rotatable bonds is 3. The summed E-state index contributed by atoms with van der Waals surface area (Å²) in [6, 6.07) is 6.86. The molecule has 1 aliphatic heterocycles. The van der Waals surface area contributed by atoms with E-state index in [0.717, 1.165) is 17.5 Å². The lowest BCUT2D eigenvalue weighted by Crippen LogP contribution is -2.26. The first-order valence-electron chi connectivity index (χ1n) is 7.83. The van der Waals surface area contributed by atoms with E-state index >= 15 is 0 Å². The molecule has 0 saturated heterocycles. The molecular formula is C17H21N3O3S. The number of carbonyl (C=O) groups is 1. The van der Waals surface area contributed by atoms with Gasteiger partial charge in [0.15, 0.2) is 0 Å². The van der Waals surface area contributed by atoms with Crippen molar-refractivity contribution in [3.8, 4) is 0 Å². The van der Waals surface area contributed by atoms with Crippen LogP contribution in [0.3, 0.4) is 0 Å². The molecule has 3 rings (SSSR count). The molecule has 24 heavy (non-hydrogen) atoms. The molecule has 1 amide bonds. The van der Waals surface area contributed by atoms with Crippen molar-refractivity contribution in [3.63, 3.8) is 0 Å². The largest absolute Gasteiger partial charge is 0.342 e. The third-order valence-corrected chi connectivity index (χ3v) is 5.75. The van der Waals surface area contributed by atoms with Gasteiger partial charge >= 0.3 is 0 Å². The first-order chi connectivity index (χ1) is 11.3. The van der Waals surface area contributed by atoms with Gasteiger partial charge in [0.25, 0.3) is 15.9 Å². The fourth-order valence-electron chi connectivity index (χ4n) is 2.79. The van der Waals surface area contributed by atoms with Gasteiger partial charge in [0.2, 0.25) is 0 Å². The summed E-state index contributed by atoms with van der Waals surface area (Å²) >= 11 is 0. The van der Waals surface area contributed by atoms with Gasteiger partial charge in [-0.3, -0.25) is 9.52 Å². The molecule has 1 aromatic heterocycles. The Labute approximate surface area is 142 Å². The van der Waals surface area contributed by atoms with Crippen molar-refractivity contribution in [1.82, 2.24) is 9.47 Å². The number of anilines is 1. The van der Waals surface area contributed by atoms with Crippen molar-refractivity contribution < 1.29 is 13.2 Å². The Balaban J connectivity index is 1.93. The molecule has 1 aromatic carbocycles. The number of aryl methyl sites for hydroxylation is 3. The molecule has 2 aromatic rings. The van der Waals surface area contributed by atoms with Crippen LogP contribution in [-0.4, -0.2) is 37.4 Å². The summed E-state index contributed by atoms with van der Waals surface area (Å²) in [5.41, 5.74) is 3.04. The van der Waals surface area contributed by atoms with Crippen molar-refractivity contribution in [2.75, 3.05) is 18.3 Å². The third kappa shape index (κ3) is 3.03. The van der Waals surface area contributed by atoms with Crippen LogP contribution >= 0.6 is 0 Å². The van der Waals surface area contributed by atoms with Crippen LogP contribution < -0.4 is 4.72 Å². The molecule has 0 spiro atoms. The zero-order chi connectivity index (χ0) is 17.5. The Morgan fingerprint density at radius 1 is 1.08 bits per heavy atom. The molecule has 1 aliphatic rings. The second-order valence-corrected chi connectivity index (χ2v) is 7.92. The molecule has 1 N–H and O–H groups in total. The maximum absolute atomic E-state index is 12.6. The van der Waals surface area contributed by atoms with Crippen molar-refractivity contribution in [3.05, 3.63) is 47.3 Å². The number of hydrogen-bond donors (Lipinski definition) is 1. The van der Waals surface area contributed by atoms with Crippen LogP contribution in [0, 0.1) is 13.8 Å². The molecule has 0 saturated carbocycles. The van der Waals surface area contributed by atoms with Crippen LogP contribution in [-0.2, 0) is 16.6 Å². The van der Waals surface area contributed by atoms with Crippen molar-refractivity contribution >= 4 is 21.6 Å². The Morgan fingerprint density at radius 3 is 2.54 bits per heavy atom. The SMILES string of the molecule is Cc1ccc(NS(=O)(=O)c2cc3n(c2)CCCN(C)C3=O)cc1C. The van der Waals surface area contributed by atoms with E-state index in [1.54, 1.807) is 28.6 Å². The third-order valence-electron chi connectivity index (χ3n) is 4.40. The van der Waals surface area contributed by atoms with Crippen LogP contribution in [0.15, 0.2) is 35.4 Å². The Bertz CT molecular complexity index is 900. The van der Waals surface area contributed by atoms with E-state index in [4.69, 9.17) is 0 Å². The molecule has 0 unspecified atom stereocenters. The second-order valence-electron chi connectivity index (χ2n) is 6.24. The number of fused-ring (bicyclic) bond motifs is 1. The lowest BCUT2D eigenvalue weighted by molar-refractivity contribution is 0.0796. The predicted octanol–water partition coefficient (Wildman–Crippen LogP) is 2.38. The molecular weight excluding hydrogens is 326 g/mol. The number of hydrogen-bond acceptors (Lipinski definition) is 3. The van der Waals surface area contributed by atoms with Crippen molar-refractivity contribution in [2.45, 2.75) is 31.7 Å². The van der Waals surface area contributed by atoms with E-state index in [-0.39, 0.29) is 10.8 Å². The number of carbonyl (C=O) groups excluding carboxylic acids is 1. The van der Waals surface area contributed by atoms with E-state index in [9.17, 15) is 13.2 Å². The zero-order valence-electron chi connectivity index (χ0n) is 14.0. The van der Waals surface area contributed by atoms with Gasteiger partial charge in [-0.2, -0.15) is 0 Å². The number of sulfonamides is 1. The van der Waals surface area contributed by atoms with Gasteiger partial charge in [-0.15, -0.1) is 0 Å². The van der Waals surface area contributed by atoms with Crippen LogP contribution in [0.5, 0.6) is 0 Å². The molecule has 0 fully saturated rings. The van der Waals surface area contributed by atoms with Crippen LogP contribution in [0.25, 0.3) is 0 Å². The van der Waals surface area contributed by atoms with Crippen LogP contribution in [0.4, 0.5) is 5.69 Å². The lowest BCUT2D eigenvalue weighted by atomic mass is 10.1. The van der Waals surface area contributed by atoms with Gasteiger partial charge in [0.05, 0.1) is 0 Å². The van der Waals surface area contributed by atoms with Gasteiger partial charge < -0.3 is 9.47 Å². The summed E-state index contributed by atoms with van der Waals surface area (Å²) in [4.78, 5) is 14.0. The molecule has 0 radical (unpaired) electrons. The first kappa shape index (κ1) is 16.6. The lowest BCUT2D eigenvalue weighted by Gasteiger charge is -2.12. The van der Waals surface area contributed by atoms with Crippen molar-refractivity contribution in [2.24, 2.45) is 0 Å². The predicted molar refractivity (Wildman–Crippen MR) is 92.7 cm³/mol. The standard InChI is InChI=1S/C17H21N3O3S/c1-12-5-6-14(9-13(12)2)18-24(22,23)15-10-16-17(21)19(3)7-4-8-20(16)11-15/h5-6,9-11,18H,4,7-8H2,1-3H3.